The van der Waals surface area contributed by atoms with Gasteiger partial charge in [0.1, 0.15) is 0 Å². The van der Waals surface area contributed by atoms with Crippen LogP contribution in [0.3, 0.4) is 0 Å². The fraction of sp³-hybridized carbons (Fsp3) is 1.00. The summed E-state index contributed by atoms with van der Waals surface area (Å²) in [5, 5.41) is 0. The lowest BCUT2D eigenvalue weighted by Gasteiger charge is -1.95. The molecule has 0 saturated heterocycles. The van der Waals surface area contributed by atoms with E-state index in [4.69, 9.17) is 4.52 Å². The van der Waals surface area contributed by atoms with Crippen molar-refractivity contribution < 1.29 is 9.09 Å². The van der Waals surface area contributed by atoms with Crippen LogP contribution in [-0.4, -0.2) is 25.3 Å². The molecule has 0 aliphatic carbocycles. The monoisotopic (exact) mass is 154 g/mol. The third kappa shape index (κ3) is 6.54. The Morgan fingerprint density at radius 1 is 1.75 bits per heavy atom. The molecule has 1 unspecified atom stereocenters. The summed E-state index contributed by atoms with van der Waals surface area (Å²) in [5.74, 6) is 0.935. The van der Waals surface area contributed by atoms with Gasteiger partial charge in [-0.1, -0.05) is 0 Å². The van der Waals surface area contributed by atoms with Gasteiger partial charge < -0.3 is 4.52 Å². The van der Waals surface area contributed by atoms with Gasteiger partial charge >= 0.3 is 0 Å². The van der Waals surface area contributed by atoms with Gasteiger partial charge in [0.2, 0.25) is 0 Å². The van der Waals surface area contributed by atoms with Crippen LogP contribution in [0.15, 0.2) is 0 Å². The average Bonchev–Trinajstić information content (AvgIpc) is 1.66. The number of thioether (sulfide) groups is 1. The highest BCUT2D eigenvalue weighted by Gasteiger charge is 1.86. The summed E-state index contributed by atoms with van der Waals surface area (Å²) < 4.78 is 15.1. The highest BCUT2D eigenvalue weighted by atomic mass is 32.2. The predicted octanol–water partition coefficient (Wildman–Crippen LogP) is 1.47. The van der Waals surface area contributed by atoms with E-state index in [-0.39, 0.29) is 0 Å². The Labute approximate surface area is 54.9 Å². The zero-order valence-corrected chi connectivity index (χ0v) is 6.96. The zero-order chi connectivity index (χ0) is 6.41. The molecule has 0 aromatic rings. The lowest BCUT2D eigenvalue weighted by Crippen LogP contribution is -1.87. The topological polar surface area (TPSA) is 26.3 Å². The van der Waals surface area contributed by atoms with Gasteiger partial charge in [0.05, 0.1) is 6.61 Å². The molecule has 0 radical (unpaired) electrons. The van der Waals surface area contributed by atoms with E-state index in [9.17, 15) is 4.57 Å². The number of hydrogen-bond acceptors (Lipinski definition) is 3. The summed E-state index contributed by atoms with van der Waals surface area (Å²) in [6.07, 6.45) is 2.00. The van der Waals surface area contributed by atoms with Crippen LogP contribution < -0.4 is 0 Å². The molecule has 50 valence electrons. The molecule has 0 N–H and O–H groups in total. The van der Waals surface area contributed by atoms with Crippen LogP contribution in [0.4, 0.5) is 0 Å². The molecule has 4 heteroatoms. The Morgan fingerprint density at radius 3 is 2.75 bits per heavy atom. The molecule has 0 amide bonds. The normalized spacial score (nSPS) is 13.8. The first-order valence-electron chi connectivity index (χ1n) is 2.39. The van der Waals surface area contributed by atoms with E-state index in [1.54, 1.807) is 18.4 Å². The number of hydrogen-bond donors (Lipinski definition) is 0. The SMILES string of the molecule is CSCCO[PH](C)=O. The molecular weight excluding hydrogens is 143 g/mol. The summed E-state index contributed by atoms with van der Waals surface area (Å²) in [6, 6.07) is 0. The van der Waals surface area contributed by atoms with Gasteiger partial charge in [0.15, 0.2) is 8.03 Å². The van der Waals surface area contributed by atoms with E-state index in [1.807, 2.05) is 6.26 Å². The minimum atomic E-state index is -1.67. The molecule has 0 fully saturated rings. The Kier molecular flexibility index (Phi) is 6.06. The van der Waals surface area contributed by atoms with Crippen molar-refractivity contribution in [2.45, 2.75) is 0 Å². The summed E-state index contributed by atoms with van der Waals surface area (Å²) in [5.41, 5.74) is 0. The molecule has 0 saturated carbocycles. The van der Waals surface area contributed by atoms with Crippen molar-refractivity contribution in [3.05, 3.63) is 0 Å². The van der Waals surface area contributed by atoms with Crippen molar-refractivity contribution in [1.29, 1.82) is 0 Å². The van der Waals surface area contributed by atoms with Gasteiger partial charge in [0, 0.05) is 12.4 Å². The smallest absolute Gasteiger partial charge is 0.188 e. The first kappa shape index (κ1) is 8.54. The molecule has 0 aromatic heterocycles. The van der Waals surface area contributed by atoms with Crippen LogP contribution in [0.2, 0.25) is 0 Å². The van der Waals surface area contributed by atoms with Crippen LogP contribution in [0, 0.1) is 0 Å². The van der Waals surface area contributed by atoms with E-state index >= 15 is 0 Å². The molecule has 0 rings (SSSR count). The zero-order valence-electron chi connectivity index (χ0n) is 5.14. The lowest BCUT2D eigenvalue weighted by molar-refractivity contribution is 0.358. The molecule has 8 heavy (non-hydrogen) atoms. The fourth-order valence-corrected chi connectivity index (χ4v) is 1.06. The van der Waals surface area contributed by atoms with Crippen LogP contribution in [0.5, 0.6) is 0 Å². The summed E-state index contributed by atoms with van der Waals surface area (Å²) >= 11 is 1.70. The van der Waals surface area contributed by atoms with E-state index < -0.39 is 8.03 Å². The minimum absolute atomic E-state index is 0.620. The van der Waals surface area contributed by atoms with Crippen LogP contribution in [0.1, 0.15) is 0 Å². The van der Waals surface area contributed by atoms with Crippen molar-refractivity contribution in [3.63, 3.8) is 0 Å². The third-order valence-corrected chi connectivity index (χ3v) is 1.78. The molecule has 1 atom stereocenters. The summed E-state index contributed by atoms with van der Waals surface area (Å²) in [4.78, 5) is 0. The Hall–Kier alpha value is 0.540. The van der Waals surface area contributed by atoms with Gasteiger partial charge in [-0.15, -0.1) is 0 Å². The maximum atomic E-state index is 10.3. The minimum Gasteiger partial charge on any atom is -0.330 e. The van der Waals surface area contributed by atoms with E-state index in [2.05, 4.69) is 0 Å². The van der Waals surface area contributed by atoms with Crippen molar-refractivity contribution >= 4 is 19.8 Å². The highest BCUT2D eigenvalue weighted by molar-refractivity contribution is 7.98. The molecular formula is C4H11O2PS. The van der Waals surface area contributed by atoms with Crippen LogP contribution in [-0.2, 0) is 9.09 Å². The molecule has 2 nitrogen and oxygen atoms in total. The first-order chi connectivity index (χ1) is 3.77. The summed E-state index contributed by atoms with van der Waals surface area (Å²) in [7, 11) is -1.67. The average molecular weight is 154 g/mol. The Morgan fingerprint density at radius 2 is 2.38 bits per heavy atom. The molecule has 0 aliphatic heterocycles. The second-order valence-electron chi connectivity index (χ2n) is 1.33. The van der Waals surface area contributed by atoms with E-state index in [0.29, 0.717) is 6.61 Å². The largest absolute Gasteiger partial charge is 0.330 e. The van der Waals surface area contributed by atoms with Crippen molar-refractivity contribution in [2.75, 3.05) is 25.3 Å². The van der Waals surface area contributed by atoms with Gasteiger partial charge in [0.25, 0.3) is 0 Å². The fourth-order valence-electron chi connectivity index (χ4n) is 0.269. The summed E-state index contributed by atoms with van der Waals surface area (Å²) in [6.45, 7) is 2.22. The predicted molar refractivity (Wildman–Crippen MR) is 39.3 cm³/mol. The number of rotatable bonds is 4. The van der Waals surface area contributed by atoms with Crippen LogP contribution >= 0.6 is 19.8 Å². The first-order valence-corrected chi connectivity index (χ1v) is 5.60. The molecule has 0 aromatic carbocycles. The second-order valence-corrected chi connectivity index (χ2v) is 3.59. The van der Waals surface area contributed by atoms with Crippen molar-refractivity contribution in [1.82, 2.24) is 0 Å². The van der Waals surface area contributed by atoms with Crippen molar-refractivity contribution in [2.24, 2.45) is 0 Å². The second kappa shape index (κ2) is 5.67. The van der Waals surface area contributed by atoms with E-state index in [0.717, 1.165) is 5.75 Å². The van der Waals surface area contributed by atoms with Gasteiger partial charge in [-0.25, -0.2) is 0 Å². The molecule has 0 heterocycles. The quantitative estimate of drug-likeness (QED) is 0.453. The van der Waals surface area contributed by atoms with Gasteiger partial charge in [-0.3, -0.25) is 4.57 Å². The van der Waals surface area contributed by atoms with E-state index in [1.165, 1.54) is 0 Å². The molecule has 0 spiro atoms. The van der Waals surface area contributed by atoms with Crippen molar-refractivity contribution in [3.8, 4) is 0 Å². The standard InChI is InChI=1S/C4H11O2PS/c1-7(5)6-3-4-8-2/h7H,3-4H2,1-2H3. The van der Waals surface area contributed by atoms with Crippen LogP contribution in [0.25, 0.3) is 0 Å². The Balaban J connectivity index is 2.82. The van der Waals surface area contributed by atoms with Gasteiger partial charge in [-0.2, -0.15) is 11.8 Å². The third-order valence-electron chi connectivity index (χ3n) is 0.593. The molecule has 0 aliphatic rings. The van der Waals surface area contributed by atoms with Gasteiger partial charge in [-0.05, 0) is 6.26 Å². The Bertz CT molecular complexity index is 76.4. The molecule has 0 bridgehead atoms. The maximum absolute atomic E-state index is 10.3. The lowest BCUT2D eigenvalue weighted by atomic mass is 10.9. The maximum Gasteiger partial charge on any atom is 0.188 e. The highest BCUT2D eigenvalue weighted by Crippen LogP contribution is 2.14.